The number of hydrogen-bond acceptors (Lipinski definition) is 3. The van der Waals surface area contributed by atoms with E-state index in [4.69, 9.17) is 4.74 Å². The normalized spacial score (nSPS) is 12.6. The zero-order valence-corrected chi connectivity index (χ0v) is 12.6. The minimum atomic E-state index is -0.299. The van der Waals surface area contributed by atoms with Gasteiger partial charge in [-0.05, 0) is 32.4 Å². The van der Waals surface area contributed by atoms with E-state index in [1.807, 2.05) is 26.0 Å². The van der Waals surface area contributed by atoms with E-state index < -0.39 is 0 Å². The number of ether oxygens (including phenoxy) is 1. The van der Waals surface area contributed by atoms with Gasteiger partial charge in [0, 0.05) is 30.2 Å². The maximum atomic E-state index is 11.6. The molecule has 20 heavy (non-hydrogen) atoms. The van der Waals surface area contributed by atoms with Crippen molar-refractivity contribution in [3.8, 4) is 0 Å². The van der Waals surface area contributed by atoms with Gasteiger partial charge in [0.05, 0.1) is 6.61 Å². The van der Waals surface area contributed by atoms with Crippen molar-refractivity contribution in [2.24, 2.45) is 7.05 Å². The van der Waals surface area contributed by atoms with E-state index in [2.05, 4.69) is 36.0 Å². The molecule has 1 aromatic carbocycles. The summed E-state index contributed by atoms with van der Waals surface area (Å²) in [5.41, 5.74) is 3.67. The number of aromatic nitrogens is 1. The van der Waals surface area contributed by atoms with Gasteiger partial charge in [0.15, 0.2) is 0 Å². The standard InChI is InChI=1S/C16H22N2O2/c1-5-20-16(19)12(3)17-10-15-11(2)13-8-6-7-9-14(13)18(15)4/h6-9,12,17H,5,10H2,1-4H3. The van der Waals surface area contributed by atoms with E-state index in [1.54, 1.807) is 0 Å². The Bertz CT molecular complexity index is 577. The zero-order valence-electron chi connectivity index (χ0n) is 12.6. The van der Waals surface area contributed by atoms with Crippen molar-refractivity contribution in [1.29, 1.82) is 0 Å². The summed E-state index contributed by atoms with van der Waals surface area (Å²) in [6.45, 7) is 6.83. The number of nitrogens with one attached hydrogen (secondary N) is 1. The third kappa shape index (κ3) is 2.70. The molecule has 0 aliphatic rings. The summed E-state index contributed by atoms with van der Waals surface area (Å²) >= 11 is 0. The smallest absolute Gasteiger partial charge is 0.322 e. The summed E-state index contributed by atoms with van der Waals surface area (Å²) in [7, 11) is 2.06. The lowest BCUT2D eigenvalue weighted by atomic mass is 10.1. The lowest BCUT2D eigenvalue weighted by molar-refractivity contribution is -0.145. The van der Waals surface area contributed by atoms with Crippen molar-refractivity contribution in [1.82, 2.24) is 9.88 Å². The number of aryl methyl sites for hydroxylation is 2. The lowest BCUT2D eigenvalue weighted by Crippen LogP contribution is -2.35. The monoisotopic (exact) mass is 274 g/mol. The predicted octanol–water partition coefficient (Wildman–Crippen LogP) is 2.53. The Morgan fingerprint density at radius 1 is 1.40 bits per heavy atom. The molecule has 1 unspecified atom stereocenters. The first-order valence-electron chi connectivity index (χ1n) is 6.99. The van der Waals surface area contributed by atoms with E-state index in [0.29, 0.717) is 13.2 Å². The Balaban J connectivity index is 2.16. The molecule has 1 heterocycles. The first-order chi connectivity index (χ1) is 9.56. The van der Waals surface area contributed by atoms with Crippen LogP contribution in [-0.2, 0) is 23.1 Å². The third-order valence-electron chi connectivity index (χ3n) is 3.72. The molecule has 0 radical (unpaired) electrons. The average molecular weight is 274 g/mol. The third-order valence-corrected chi connectivity index (χ3v) is 3.72. The van der Waals surface area contributed by atoms with Crippen LogP contribution >= 0.6 is 0 Å². The van der Waals surface area contributed by atoms with Crippen LogP contribution in [0, 0.1) is 6.92 Å². The predicted molar refractivity (Wildman–Crippen MR) is 80.6 cm³/mol. The number of hydrogen-bond donors (Lipinski definition) is 1. The molecule has 0 spiro atoms. The van der Waals surface area contributed by atoms with Gasteiger partial charge in [-0.3, -0.25) is 10.1 Å². The van der Waals surface area contributed by atoms with Crippen LogP contribution in [0.5, 0.6) is 0 Å². The van der Waals surface area contributed by atoms with Gasteiger partial charge < -0.3 is 9.30 Å². The second-order valence-corrected chi connectivity index (χ2v) is 5.00. The number of carbonyl (C=O) groups excluding carboxylic acids is 1. The topological polar surface area (TPSA) is 43.3 Å². The SMILES string of the molecule is CCOC(=O)C(C)NCc1c(C)c2ccccc2n1C. The van der Waals surface area contributed by atoms with Crippen molar-refractivity contribution >= 4 is 16.9 Å². The Morgan fingerprint density at radius 3 is 2.75 bits per heavy atom. The maximum absolute atomic E-state index is 11.6. The Kier molecular flexibility index (Phi) is 4.45. The number of para-hydroxylation sites is 1. The minimum absolute atomic E-state index is 0.205. The van der Waals surface area contributed by atoms with E-state index >= 15 is 0 Å². The summed E-state index contributed by atoms with van der Waals surface area (Å²) in [5.74, 6) is -0.205. The number of benzene rings is 1. The first kappa shape index (κ1) is 14.6. The van der Waals surface area contributed by atoms with Crippen LogP contribution in [0.2, 0.25) is 0 Å². The molecular weight excluding hydrogens is 252 g/mol. The molecule has 4 heteroatoms. The number of esters is 1. The molecule has 4 nitrogen and oxygen atoms in total. The summed E-state index contributed by atoms with van der Waals surface area (Å²) < 4.78 is 7.18. The summed E-state index contributed by atoms with van der Waals surface area (Å²) in [4.78, 5) is 11.6. The maximum Gasteiger partial charge on any atom is 0.322 e. The molecule has 0 aliphatic heterocycles. The van der Waals surface area contributed by atoms with E-state index in [9.17, 15) is 4.79 Å². The van der Waals surface area contributed by atoms with Crippen LogP contribution < -0.4 is 5.32 Å². The molecule has 1 aromatic heterocycles. The quantitative estimate of drug-likeness (QED) is 0.852. The lowest BCUT2D eigenvalue weighted by Gasteiger charge is -2.13. The number of carbonyl (C=O) groups is 1. The Labute approximate surface area is 119 Å². The van der Waals surface area contributed by atoms with Crippen LogP contribution in [0.25, 0.3) is 10.9 Å². The Morgan fingerprint density at radius 2 is 2.10 bits per heavy atom. The van der Waals surface area contributed by atoms with Crippen LogP contribution in [0.3, 0.4) is 0 Å². The van der Waals surface area contributed by atoms with E-state index in [1.165, 1.54) is 22.2 Å². The second kappa shape index (κ2) is 6.09. The summed E-state index contributed by atoms with van der Waals surface area (Å²) in [6, 6.07) is 8.03. The number of rotatable bonds is 5. The van der Waals surface area contributed by atoms with Gasteiger partial charge in [-0.25, -0.2) is 0 Å². The average Bonchev–Trinajstić information content (AvgIpc) is 2.69. The van der Waals surface area contributed by atoms with Crippen molar-refractivity contribution in [3.05, 3.63) is 35.5 Å². The molecule has 0 bridgehead atoms. The van der Waals surface area contributed by atoms with Gasteiger partial charge in [0.2, 0.25) is 0 Å². The molecule has 108 valence electrons. The zero-order chi connectivity index (χ0) is 14.7. The fraction of sp³-hybridized carbons (Fsp3) is 0.438. The molecule has 0 saturated heterocycles. The second-order valence-electron chi connectivity index (χ2n) is 5.00. The van der Waals surface area contributed by atoms with E-state index in [0.717, 1.165) is 0 Å². The van der Waals surface area contributed by atoms with Crippen LogP contribution in [0.1, 0.15) is 25.1 Å². The van der Waals surface area contributed by atoms with Crippen molar-refractivity contribution in [2.75, 3.05) is 6.61 Å². The minimum Gasteiger partial charge on any atom is -0.465 e. The fourth-order valence-corrected chi connectivity index (χ4v) is 2.49. The van der Waals surface area contributed by atoms with Crippen LogP contribution in [-0.4, -0.2) is 23.2 Å². The highest BCUT2D eigenvalue weighted by atomic mass is 16.5. The molecule has 0 fully saturated rings. The number of nitrogens with zero attached hydrogens (tertiary/aromatic N) is 1. The highest BCUT2D eigenvalue weighted by Crippen LogP contribution is 2.24. The fourth-order valence-electron chi connectivity index (χ4n) is 2.49. The van der Waals surface area contributed by atoms with E-state index in [-0.39, 0.29) is 12.0 Å². The largest absolute Gasteiger partial charge is 0.465 e. The molecule has 0 amide bonds. The molecule has 1 N–H and O–H groups in total. The highest BCUT2D eigenvalue weighted by molar-refractivity contribution is 5.85. The van der Waals surface area contributed by atoms with Crippen molar-refractivity contribution < 1.29 is 9.53 Å². The summed E-state index contributed by atoms with van der Waals surface area (Å²) in [6.07, 6.45) is 0. The van der Waals surface area contributed by atoms with Crippen molar-refractivity contribution in [2.45, 2.75) is 33.4 Å². The summed E-state index contributed by atoms with van der Waals surface area (Å²) in [5, 5.41) is 4.49. The van der Waals surface area contributed by atoms with Crippen LogP contribution in [0.4, 0.5) is 0 Å². The molecule has 0 saturated carbocycles. The first-order valence-corrected chi connectivity index (χ1v) is 6.99. The highest BCUT2D eigenvalue weighted by Gasteiger charge is 2.16. The van der Waals surface area contributed by atoms with Gasteiger partial charge in [-0.1, -0.05) is 18.2 Å². The van der Waals surface area contributed by atoms with Gasteiger partial charge in [0.25, 0.3) is 0 Å². The molecular formula is C16H22N2O2. The molecule has 2 aromatic rings. The molecule has 0 aliphatic carbocycles. The van der Waals surface area contributed by atoms with Crippen LogP contribution in [0.15, 0.2) is 24.3 Å². The Hall–Kier alpha value is -1.81. The molecule has 1 atom stereocenters. The van der Waals surface area contributed by atoms with Gasteiger partial charge in [-0.2, -0.15) is 0 Å². The van der Waals surface area contributed by atoms with Crippen molar-refractivity contribution in [3.63, 3.8) is 0 Å². The van der Waals surface area contributed by atoms with Gasteiger partial charge in [0.1, 0.15) is 6.04 Å². The number of fused-ring (bicyclic) bond motifs is 1. The van der Waals surface area contributed by atoms with Gasteiger partial charge >= 0.3 is 5.97 Å². The molecule has 2 rings (SSSR count). The van der Waals surface area contributed by atoms with Gasteiger partial charge in [-0.15, -0.1) is 0 Å².